The fraction of sp³-hybridized carbons (Fsp3) is 0.471. The van der Waals surface area contributed by atoms with Crippen LogP contribution in [0.2, 0.25) is 0 Å². The molecule has 148 valence electrons. The minimum atomic E-state index is -1.29. The van der Waals surface area contributed by atoms with Crippen molar-refractivity contribution in [1.29, 1.82) is 0 Å². The van der Waals surface area contributed by atoms with Gasteiger partial charge >= 0.3 is 18.0 Å². The lowest BCUT2D eigenvalue weighted by Gasteiger charge is -2.31. The van der Waals surface area contributed by atoms with E-state index in [1.807, 2.05) is 0 Å². The minimum absolute atomic E-state index is 0.131. The molecule has 1 rings (SSSR count). The van der Waals surface area contributed by atoms with Crippen LogP contribution in [0, 0.1) is 17.0 Å². The number of rotatable bonds is 7. The molecule has 3 N–H and O–H groups in total. The van der Waals surface area contributed by atoms with Gasteiger partial charge in [0.2, 0.25) is 0 Å². The Labute approximate surface area is 156 Å². The molecule has 1 aromatic carbocycles. The van der Waals surface area contributed by atoms with Crippen molar-refractivity contribution in [1.82, 2.24) is 0 Å². The number of carbonyl (C=O) groups excluding carboxylic acids is 2. The van der Waals surface area contributed by atoms with E-state index in [1.54, 1.807) is 20.8 Å². The normalized spacial score (nSPS) is 12.1. The molecular formula is C17H23N3O7. The molecule has 27 heavy (non-hydrogen) atoms. The molecule has 0 unspecified atom stereocenters. The molecule has 0 heterocycles. The smallest absolute Gasteiger partial charge is 0.329 e. The van der Waals surface area contributed by atoms with E-state index >= 15 is 0 Å². The van der Waals surface area contributed by atoms with Gasteiger partial charge in [0, 0.05) is 23.7 Å². The summed E-state index contributed by atoms with van der Waals surface area (Å²) in [5, 5.41) is 19.9. The second kappa shape index (κ2) is 8.47. The fourth-order valence-corrected chi connectivity index (χ4v) is 2.44. The SMILES string of the molecule is Cc1cc(N(C(N)=O)[C@@H](CCC(=O)O)C(=O)OC(C)(C)C)ccc1[N+](=O)[O-]. The van der Waals surface area contributed by atoms with Crippen molar-refractivity contribution in [2.75, 3.05) is 4.90 Å². The zero-order chi connectivity index (χ0) is 20.9. The predicted molar refractivity (Wildman–Crippen MR) is 96.4 cm³/mol. The van der Waals surface area contributed by atoms with Gasteiger partial charge in [-0.25, -0.2) is 9.59 Å². The van der Waals surface area contributed by atoms with E-state index in [4.69, 9.17) is 15.6 Å². The molecule has 10 nitrogen and oxygen atoms in total. The number of nitrogens with two attached hydrogens (primary N) is 1. The van der Waals surface area contributed by atoms with Gasteiger partial charge < -0.3 is 15.6 Å². The van der Waals surface area contributed by atoms with Crippen LogP contribution < -0.4 is 10.6 Å². The van der Waals surface area contributed by atoms with Gasteiger partial charge in [-0.2, -0.15) is 0 Å². The molecule has 10 heteroatoms. The Morgan fingerprint density at radius 3 is 2.33 bits per heavy atom. The van der Waals surface area contributed by atoms with Crippen molar-refractivity contribution in [2.45, 2.75) is 52.2 Å². The number of carboxylic acids is 1. The topological polar surface area (TPSA) is 153 Å². The summed E-state index contributed by atoms with van der Waals surface area (Å²) in [5.74, 6) is -1.98. The average Bonchev–Trinajstić information content (AvgIpc) is 2.48. The van der Waals surface area contributed by atoms with Crippen LogP contribution in [0.1, 0.15) is 39.2 Å². The van der Waals surface area contributed by atoms with Crippen molar-refractivity contribution in [3.8, 4) is 0 Å². The average molecular weight is 381 g/mol. The van der Waals surface area contributed by atoms with Crippen molar-refractivity contribution >= 4 is 29.3 Å². The molecule has 2 amide bonds. The number of ether oxygens (including phenoxy) is 1. The van der Waals surface area contributed by atoms with Crippen molar-refractivity contribution in [2.24, 2.45) is 5.73 Å². The van der Waals surface area contributed by atoms with E-state index in [1.165, 1.54) is 25.1 Å². The number of carbonyl (C=O) groups is 3. The van der Waals surface area contributed by atoms with Gasteiger partial charge in [-0.15, -0.1) is 0 Å². The summed E-state index contributed by atoms with van der Waals surface area (Å²) in [6, 6.07) is 1.49. The maximum absolute atomic E-state index is 12.6. The zero-order valence-electron chi connectivity index (χ0n) is 15.6. The molecule has 0 saturated heterocycles. The summed E-state index contributed by atoms with van der Waals surface area (Å²) >= 11 is 0. The van der Waals surface area contributed by atoms with Crippen LogP contribution >= 0.6 is 0 Å². The van der Waals surface area contributed by atoms with Gasteiger partial charge in [0.05, 0.1) is 4.92 Å². The highest BCUT2D eigenvalue weighted by molar-refractivity contribution is 5.98. The Balaban J connectivity index is 3.36. The first-order valence-corrected chi connectivity index (χ1v) is 8.12. The summed E-state index contributed by atoms with van der Waals surface area (Å²) in [6.45, 7) is 6.36. The van der Waals surface area contributed by atoms with Gasteiger partial charge in [0.1, 0.15) is 11.6 Å². The molecule has 0 aliphatic carbocycles. The second-order valence-electron chi connectivity index (χ2n) is 6.92. The number of primary amides is 1. The third kappa shape index (κ3) is 6.24. The van der Waals surface area contributed by atoms with Gasteiger partial charge in [0.25, 0.3) is 5.69 Å². The monoisotopic (exact) mass is 381 g/mol. The number of nitrogens with zero attached hydrogens (tertiary/aromatic N) is 2. The van der Waals surface area contributed by atoms with Crippen LogP contribution in [-0.4, -0.2) is 39.6 Å². The van der Waals surface area contributed by atoms with Crippen LogP contribution in [0.5, 0.6) is 0 Å². The summed E-state index contributed by atoms with van der Waals surface area (Å²) in [5.41, 5.74) is 4.78. The lowest BCUT2D eigenvalue weighted by molar-refractivity contribution is -0.385. The van der Waals surface area contributed by atoms with Crippen molar-refractivity contribution in [3.63, 3.8) is 0 Å². The van der Waals surface area contributed by atoms with Crippen LogP contribution in [0.15, 0.2) is 18.2 Å². The first-order valence-electron chi connectivity index (χ1n) is 8.12. The number of anilines is 1. The molecule has 0 aliphatic rings. The molecular weight excluding hydrogens is 358 g/mol. The van der Waals surface area contributed by atoms with E-state index in [-0.39, 0.29) is 23.4 Å². The Morgan fingerprint density at radius 1 is 1.33 bits per heavy atom. The first kappa shape index (κ1) is 21.9. The number of urea groups is 1. The Kier molecular flexibility index (Phi) is 6.87. The van der Waals surface area contributed by atoms with Gasteiger partial charge in [-0.1, -0.05) is 0 Å². The third-order valence-corrected chi connectivity index (χ3v) is 3.51. The Bertz CT molecular complexity index is 755. The summed E-state index contributed by atoms with van der Waals surface area (Å²) < 4.78 is 5.29. The van der Waals surface area contributed by atoms with E-state index in [0.717, 1.165) is 4.90 Å². The number of nitro benzene ring substituents is 1. The molecule has 1 aromatic rings. The second-order valence-corrected chi connectivity index (χ2v) is 6.92. The number of esters is 1. The van der Waals surface area contributed by atoms with Crippen LogP contribution in [0.25, 0.3) is 0 Å². The van der Waals surface area contributed by atoms with Crippen LogP contribution in [0.4, 0.5) is 16.2 Å². The highest BCUT2D eigenvalue weighted by Gasteiger charge is 2.34. The van der Waals surface area contributed by atoms with E-state index in [2.05, 4.69) is 0 Å². The molecule has 0 saturated carbocycles. The van der Waals surface area contributed by atoms with Gasteiger partial charge in [-0.05, 0) is 46.2 Å². The number of carboxylic acid groups (broad SMARTS) is 1. The Hall–Kier alpha value is -3.17. The van der Waals surface area contributed by atoms with E-state index < -0.39 is 41.0 Å². The molecule has 0 aromatic heterocycles. The van der Waals surface area contributed by atoms with Gasteiger partial charge in [0.15, 0.2) is 0 Å². The van der Waals surface area contributed by atoms with Crippen molar-refractivity contribution in [3.05, 3.63) is 33.9 Å². The highest BCUT2D eigenvalue weighted by Crippen LogP contribution is 2.27. The Morgan fingerprint density at radius 2 is 1.93 bits per heavy atom. The zero-order valence-corrected chi connectivity index (χ0v) is 15.6. The van der Waals surface area contributed by atoms with Crippen LogP contribution in [0.3, 0.4) is 0 Å². The van der Waals surface area contributed by atoms with E-state index in [9.17, 15) is 24.5 Å². The molecule has 0 radical (unpaired) electrons. The molecule has 0 bridgehead atoms. The predicted octanol–water partition coefficient (Wildman–Crippen LogP) is 2.36. The first-order chi connectivity index (χ1) is 12.3. The fourth-order valence-electron chi connectivity index (χ4n) is 2.44. The number of hydrogen-bond acceptors (Lipinski definition) is 6. The quantitative estimate of drug-likeness (QED) is 0.417. The maximum atomic E-state index is 12.6. The number of aryl methyl sites for hydroxylation is 1. The summed E-state index contributed by atoms with van der Waals surface area (Å²) in [6.07, 6.45) is -0.636. The lowest BCUT2D eigenvalue weighted by atomic mass is 10.1. The number of aliphatic carboxylic acids is 1. The number of hydrogen-bond donors (Lipinski definition) is 2. The largest absolute Gasteiger partial charge is 0.481 e. The number of benzene rings is 1. The standard InChI is InChI=1S/C17H23N3O7/c1-10-9-11(5-6-12(10)20(25)26)19(16(18)24)13(7-8-14(21)22)15(23)27-17(2,3)4/h5-6,9,13H,7-8H2,1-4H3,(H2,18,24)(H,21,22)/t13-/m0/s1. The van der Waals surface area contributed by atoms with Crippen molar-refractivity contribution < 1.29 is 29.2 Å². The molecule has 0 aliphatic heterocycles. The maximum Gasteiger partial charge on any atom is 0.329 e. The van der Waals surface area contributed by atoms with Gasteiger partial charge in [-0.3, -0.25) is 19.8 Å². The van der Waals surface area contributed by atoms with Crippen LogP contribution in [-0.2, 0) is 14.3 Å². The summed E-state index contributed by atoms with van der Waals surface area (Å²) in [4.78, 5) is 46.9. The third-order valence-electron chi connectivity index (χ3n) is 3.51. The minimum Gasteiger partial charge on any atom is -0.481 e. The molecule has 0 spiro atoms. The summed E-state index contributed by atoms with van der Waals surface area (Å²) in [7, 11) is 0. The highest BCUT2D eigenvalue weighted by atomic mass is 16.6. The molecule has 1 atom stereocenters. The van der Waals surface area contributed by atoms with E-state index in [0.29, 0.717) is 0 Å². The number of nitro groups is 1. The lowest BCUT2D eigenvalue weighted by Crippen LogP contribution is -2.50. The molecule has 0 fully saturated rings. The number of amides is 2.